The Kier molecular flexibility index (Phi) is 5.18. The minimum atomic E-state index is 0.268. The highest BCUT2D eigenvalue weighted by Crippen LogP contribution is 2.42. The minimum absolute atomic E-state index is 0.268. The van der Waals surface area contributed by atoms with Crippen molar-refractivity contribution >= 4 is 0 Å². The predicted octanol–water partition coefficient (Wildman–Crippen LogP) is 4.18. The van der Waals surface area contributed by atoms with Crippen LogP contribution in [0.3, 0.4) is 0 Å². The first-order valence-corrected chi connectivity index (χ1v) is 8.83. The molecule has 0 heterocycles. The van der Waals surface area contributed by atoms with Crippen molar-refractivity contribution in [2.75, 3.05) is 13.6 Å². The van der Waals surface area contributed by atoms with Crippen LogP contribution in [0, 0.1) is 11.3 Å². The van der Waals surface area contributed by atoms with Crippen LogP contribution < -0.4 is 5.73 Å². The lowest BCUT2D eigenvalue weighted by Gasteiger charge is -2.48. The van der Waals surface area contributed by atoms with E-state index in [1.165, 1.54) is 57.8 Å². The molecule has 2 saturated carbocycles. The molecule has 3 unspecified atom stereocenters. The Morgan fingerprint density at radius 3 is 2.35 bits per heavy atom. The number of rotatable bonds is 3. The van der Waals surface area contributed by atoms with Gasteiger partial charge in [-0.05, 0) is 56.9 Å². The van der Waals surface area contributed by atoms with Gasteiger partial charge in [0.15, 0.2) is 0 Å². The lowest BCUT2D eigenvalue weighted by molar-refractivity contribution is 0.0195. The van der Waals surface area contributed by atoms with E-state index in [1.54, 1.807) is 0 Å². The molecule has 0 aromatic rings. The van der Waals surface area contributed by atoms with Gasteiger partial charge in [0.1, 0.15) is 0 Å². The van der Waals surface area contributed by atoms with E-state index in [0.29, 0.717) is 5.41 Å². The van der Waals surface area contributed by atoms with Crippen LogP contribution in [0.1, 0.15) is 78.6 Å². The SMILES string of the molecule is CC1CCCCC1N(C)C1(CN)CCCC(C)(C)CC1. The Hall–Kier alpha value is -0.0800. The highest BCUT2D eigenvalue weighted by molar-refractivity contribution is 4.98. The Morgan fingerprint density at radius 1 is 1.00 bits per heavy atom. The van der Waals surface area contributed by atoms with Crippen LogP contribution in [0.2, 0.25) is 0 Å². The highest BCUT2D eigenvalue weighted by atomic mass is 15.2. The maximum atomic E-state index is 6.31. The monoisotopic (exact) mass is 280 g/mol. The van der Waals surface area contributed by atoms with Gasteiger partial charge >= 0.3 is 0 Å². The second-order valence-corrected chi connectivity index (χ2v) is 8.39. The van der Waals surface area contributed by atoms with Gasteiger partial charge in [-0.3, -0.25) is 4.90 Å². The van der Waals surface area contributed by atoms with E-state index in [4.69, 9.17) is 5.73 Å². The first-order chi connectivity index (χ1) is 9.40. The fraction of sp³-hybridized carbons (Fsp3) is 1.00. The first-order valence-electron chi connectivity index (χ1n) is 8.83. The number of nitrogens with two attached hydrogens (primary N) is 1. The third-order valence-electron chi connectivity index (χ3n) is 6.45. The van der Waals surface area contributed by atoms with Crippen molar-refractivity contribution in [2.45, 2.75) is 90.1 Å². The fourth-order valence-electron chi connectivity index (χ4n) is 4.64. The Labute approximate surface area is 126 Å². The molecule has 20 heavy (non-hydrogen) atoms. The van der Waals surface area contributed by atoms with Crippen LogP contribution in [0.15, 0.2) is 0 Å². The third-order valence-corrected chi connectivity index (χ3v) is 6.45. The van der Waals surface area contributed by atoms with Crippen molar-refractivity contribution in [1.82, 2.24) is 4.90 Å². The van der Waals surface area contributed by atoms with Crippen molar-refractivity contribution in [1.29, 1.82) is 0 Å². The first kappa shape index (κ1) is 16.3. The molecule has 2 fully saturated rings. The summed E-state index contributed by atoms with van der Waals surface area (Å²) in [7, 11) is 2.37. The van der Waals surface area contributed by atoms with Crippen molar-refractivity contribution < 1.29 is 0 Å². The van der Waals surface area contributed by atoms with Gasteiger partial charge in [0, 0.05) is 18.1 Å². The van der Waals surface area contributed by atoms with E-state index in [-0.39, 0.29) is 5.54 Å². The maximum absolute atomic E-state index is 6.31. The lowest BCUT2D eigenvalue weighted by atomic mass is 9.79. The summed E-state index contributed by atoms with van der Waals surface area (Å²) < 4.78 is 0. The molecule has 0 saturated heterocycles. The summed E-state index contributed by atoms with van der Waals surface area (Å²) in [5.74, 6) is 0.841. The quantitative estimate of drug-likeness (QED) is 0.786. The average Bonchev–Trinajstić information content (AvgIpc) is 2.58. The molecule has 2 N–H and O–H groups in total. The summed E-state index contributed by atoms with van der Waals surface area (Å²) in [6.45, 7) is 8.15. The summed E-state index contributed by atoms with van der Waals surface area (Å²) in [6.07, 6.45) is 12.2. The zero-order chi connectivity index (χ0) is 14.8. The molecule has 2 aliphatic rings. The van der Waals surface area contributed by atoms with E-state index in [1.807, 2.05) is 0 Å². The lowest BCUT2D eigenvalue weighted by Crippen LogP contribution is -2.57. The molecule has 0 amide bonds. The number of likely N-dealkylation sites (N-methyl/N-ethyl adjacent to an activating group) is 1. The maximum Gasteiger partial charge on any atom is 0.0331 e. The van der Waals surface area contributed by atoms with E-state index in [9.17, 15) is 0 Å². The van der Waals surface area contributed by atoms with Crippen LogP contribution in [0.25, 0.3) is 0 Å². The molecule has 0 radical (unpaired) electrons. The zero-order valence-electron chi connectivity index (χ0n) is 14.3. The van der Waals surface area contributed by atoms with Gasteiger partial charge in [-0.15, -0.1) is 0 Å². The molecule has 0 aromatic heterocycles. The second kappa shape index (κ2) is 6.36. The summed E-state index contributed by atoms with van der Waals surface area (Å²) >= 11 is 0. The van der Waals surface area contributed by atoms with E-state index in [0.717, 1.165) is 18.5 Å². The highest BCUT2D eigenvalue weighted by Gasteiger charge is 2.41. The fourth-order valence-corrected chi connectivity index (χ4v) is 4.64. The molecule has 2 rings (SSSR count). The van der Waals surface area contributed by atoms with Gasteiger partial charge in [0.2, 0.25) is 0 Å². The normalized spacial score (nSPS) is 38.7. The molecular weight excluding hydrogens is 244 g/mol. The van der Waals surface area contributed by atoms with Gasteiger partial charge in [-0.2, -0.15) is 0 Å². The van der Waals surface area contributed by atoms with Crippen molar-refractivity contribution in [3.63, 3.8) is 0 Å². The van der Waals surface area contributed by atoms with E-state index >= 15 is 0 Å². The van der Waals surface area contributed by atoms with Crippen LogP contribution in [-0.2, 0) is 0 Å². The predicted molar refractivity (Wildman–Crippen MR) is 87.8 cm³/mol. The van der Waals surface area contributed by atoms with Gasteiger partial charge in [0.05, 0.1) is 0 Å². The summed E-state index contributed by atoms with van der Waals surface area (Å²) in [5.41, 5.74) is 7.09. The van der Waals surface area contributed by atoms with Crippen molar-refractivity contribution in [2.24, 2.45) is 17.1 Å². The largest absolute Gasteiger partial charge is 0.329 e. The second-order valence-electron chi connectivity index (χ2n) is 8.39. The molecule has 0 bridgehead atoms. The number of nitrogens with zero attached hydrogens (tertiary/aromatic N) is 1. The molecule has 0 spiro atoms. The summed E-state index contributed by atoms with van der Waals surface area (Å²) in [6, 6.07) is 0.758. The molecule has 3 atom stereocenters. The standard InChI is InChI=1S/C18H36N2/c1-15-8-5-6-9-16(15)20(4)18(14-19)11-7-10-17(2,3)12-13-18/h15-16H,5-14,19H2,1-4H3. The smallest absolute Gasteiger partial charge is 0.0331 e. The third kappa shape index (κ3) is 3.39. The van der Waals surface area contributed by atoms with E-state index in [2.05, 4.69) is 32.7 Å². The average molecular weight is 280 g/mol. The molecule has 2 nitrogen and oxygen atoms in total. The van der Waals surface area contributed by atoms with Crippen LogP contribution >= 0.6 is 0 Å². The van der Waals surface area contributed by atoms with Gasteiger partial charge < -0.3 is 5.73 Å². The molecule has 0 aromatic carbocycles. The molecule has 118 valence electrons. The van der Waals surface area contributed by atoms with Crippen molar-refractivity contribution in [3.05, 3.63) is 0 Å². The van der Waals surface area contributed by atoms with E-state index < -0.39 is 0 Å². The van der Waals surface area contributed by atoms with Crippen molar-refractivity contribution in [3.8, 4) is 0 Å². The van der Waals surface area contributed by atoms with Crippen LogP contribution in [0.4, 0.5) is 0 Å². The molecular formula is C18H36N2. The Morgan fingerprint density at radius 2 is 1.70 bits per heavy atom. The summed E-state index contributed by atoms with van der Waals surface area (Å²) in [4.78, 5) is 2.72. The molecule has 2 heteroatoms. The van der Waals surface area contributed by atoms with Gasteiger partial charge in [-0.25, -0.2) is 0 Å². The topological polar surface area (TPSA) is 29.3 Å². The molecule has 2 aliphatic carbocycles. The zero-order valence-corrected chi connectivity index (χ0v) is 14.3. The number of hydrogen-bond donors (Lipinski definition) is 1. The van der Waals surface area contributed by atoms with Gasteiger partial charge in [-0.1, -0.05) is 40.0 Å². The van der Waals surface area contributed by atoms with Gasteiger partial charge in [0.25, 0.3) is 0 Å². The van der Waals surface area contributed by atoms with Crippen LogP contribution in [-0.4, -0.2) is 30.1 Å². The number of hydrogen-bond acceptors (Lipinski definition) is 2. The summed E-state index contributed by atoms with van der Waals surface area (Å²) in [5, 5.41) is 0. The molecule has 0 aliphatic heterocycles. The Bertz CT molecular complexity index is 313. The Balaban J connectivity index is 2.12. The van der Waals surface area contributed by atoms with Crippen LogP contribution in [0.5, 0.6) is 0 Å². The minimum Gasteiger partial charge on any atom is -0.329 e.